The van der Waals surface area contributed by atoms with E-state index in [-0.39, 0.29) is 18.4 Å². The predicted octanol–water partition coefficient (Wildman–Crippen LogP) is 1.76. The zero-order chi connectivity index (χ0) is 17.5. The number of para-hydroxylation sites is 1. The molecule has 0 unspecified atom stereocenters. The number of fused-ring (bicyclic) bond motifs is 1. The average molecular weight is 348 g/mol. The van der Waals surface area contributed by atoms with Gasteiger partial charge in [0.2, 0.25) is 11.8 Å². The molecule has 2 N–H and O–H groups in total. The Hall–Kier alpha value is -1.99. The van der Waals surface area contributed by atoms with Gasteiger partial charge in [0.1, 0.15) is 11.0 Å². The quantitative estimate of drug-likeness (QED) is 0.762. The van der Waals surface area contributed by atoms with Crippen LogP contribution in [0.25, 0.3) is 10.2 Å². The number of thiazole rings is 1. The first kappa shape index (κ1) is 18.4. The van der Waals surface area contributed by atoms with Crippen LogP contribution in [0.5, 0.6) is 0 Å². The van der Waals surface area contributed by atoms with Crippen LogP contribution >= 0.6 is 11.3 Å². The van der Waals surface area contributed by atoms with Crippen LogP contribution in [0.1, 0.15) is 25.3 Å². The Balaban J connectivity index is 1.81. The minimum Gasteiger partial charge on any atom is -0.354 e. The van der Waals surface area contributed by atoms with Crippen molar-refractivity contribution in [3.63, 3.8) is 0 Å². The summed E-state index contributed by atoms with van der Waals surface area (Å²) in [6.45, 7) is 5.12. The third-order valence-electron chi connectivity index (χ3n) is 3.48. The van der Waals surface area contributed by atoms with E-state index in [4.69, 9.17) is 0 Å². The lowest BCUT2D eigenvalue weighted by Gasteiger charge is -2.17. The smallest absolute Gasteiger partial charge is 0.242 e. The van der Waals surface area contributed by atoms with E-state index in [1.807, 2.05) is 43.1 Å². The Morgan fingerprint density at radius 2 is 2.08 bits per heavy atom. The highest BCUT2D eigenvalue weighted by Crippen LogP contribution is 2.22. The Bertz CT molecular complexity index is 668. The number of nitrogens with one attached hydrogen (secondary N) is 2. The van der Waals surface area contributed by atoms with Gasteiger partial charge in [0.05, 0.1) is 23.3 Å². The van der Waals surface area contributed by atoms with Gasteiger partial charge >= 0.3 is 0 Å². The lowest BCUT2D eigenvalue weighted by atomic mass is 10.3. The standard InChI is InChI=1S/C17H24N4O2S/c1-4-9-18-17(23)12(2)19-15(22)10-21(3)11-16-20-13-7-5-6-8-14(13)24-16/h5-8,12H,4,9-11H2,1-3H3,(H,18,23)(H,19,22)/t12-/m0/s1. The Morgan fingerprint density at radius 1 is 1.33 bits per heavy atom. The zero-order valence-electron chi connectivity index (χ0n) is 14.3. The van der Waals surface area contributed by atoms with Crippen molar-refractivity contribution in [1.82, 2.24) is 20.5 Å². The van der Waals surface area contributed by atoms with Crippen molar-refractivity contribution >= 4 is 33.4 Å². The predicted molar refractivity (Wildman–Crippen MR) is 96.9 cm³/mol. The van der Waals surface area contributed by atoms with Gasteiger partial charge in [-0.1, -0.05) is 19.1 Å². The summed E-state index contributed by atoms with van der Waals surface area (Å²) in [4.78, 5) is 30.3. The number of amides is 2. The molecule has 0 bridgehead atoms. The number of benzene rings is 1. The third-order valence-corrected chi connectivity index (χ3v) is 4.50. The number of hydrogen-bond donors (Lipinski definition) is 2. The summed E-state index contributed by atoms with van der Waals surface area (Å²) in [5, 5.41) is 6.46. The van der Waals surface area contributed by atoms with Crippen molar-refractivity contribution < 1.29 is 9.59 Å². The summed E-state index contributed by atoms with van der Waals surface area (Å²) in [5.41, 5.74) is 0.983. The molecule has 1 atom stereocenters. The van der Waals surface area contributed by atoms with Crippen LogP contribution in [0, 0.1) is 0 Å². The molecule has 1 heterocycles. The molecule has 0 aliphatic carbocycles. The highest BCUT2D eigenvalue weighted by atomic mass is 32.1. The summed E-state index contributed by atoms with van der Waals surface area (Å²) in [5.74, 6) is -0.322. The molecule has 2 rings (SSSR count). The van der Waals surface area contributed by atoms with Gasteiger partial charge in [-0.3, -0.25) is 14.5 Å². The van der Waals surface area contributed by atoms with E-state index in [1.165, 1.54) is 0 Å². The topological polar surface area (TPSA) is 74.3 Å². The molecule has 2 amide bonds. The Morgan fingerprint density at radius 3 is 2.79 bits per heavy atom. The summed E-state index contributed by atoms with van der Waals surface area (Å²) in [7, 11) is 1.87. The fourth-order valence-electron chi connectivity index (χ4n) is 2.27. The van der Waals surface area contributed by atoms with Crippen LogP contribution in [-0.2, 0) is 16.1 Å². The zero-order valence-corrected chi connectivity index (χ0v) is 15.2. The van der Waals surface area contributed by atoms with Gasteiger partial charge in [0, 0.05) is 6.54 Å². The van der Waals surface area contributed by atoms with Gasteiger partial charge in [0.15, 0.2) is 0 Å². The molecule has 0 aliphatic heterocycles. The molecule has 0 fully saturated rings. The van der Waals surface area contributed by atoms with Crippen molar-refractivity contribution in [1.29, 1.82) is 0 Å². The normalized spacial score (nSPS) is 12.3. The maximum absolute atomic E-state index is 12.1. The van der Waals surface area contributed by atoms with Crippen LogP contribution in [0.2, 0.25) is 0 Å². The average Bonchev–Trinajstić information content (AvgIpc) is 2.93. The lowest BCUT2D eigenvalue weighted by Crippen LogP contribution is -2.47. The van der Waals surface area contributed by atoms with E-state index in [2.05, 4.69) is 15.6 Å². The van der Waals surface area contributed by atoms with E-state index in [1.54, 1.807) is 18.3 Å². The van der Waals surface area contributed by atoms with Crippen molar-refractivity contribution in [3.05, 3.63) is 29.3 Å². The SMILES string of the molecule is CCCNC(=O)[C@H](C)NC(=O)CN(C)Cc1nc2ccccc2s1. The molecule has 0 spiro atoms. The first-order valence-electron chi connectivity index (χ1n) is 8.09. The van der Waals surface area contributed by atoms with Crippen LogP contribution in [0.3, 0.4) is 0 Å². The highest BCUT2D eigenvalue weighted by molar-refractivity contribution is 7.18. The van der Waals surface area contributed by atoms with Gasteiger partial charge in [0.25, 0.3) is 0 Å². The van der Waals surface area contributed by atoms with Gasteiger partial charge in [-0.2, -0.15) is 0 Å². The molecule has 0 saturated carbocycles. The third kappa shape index (κ3) is 5.28. The minimum absolute atomic E-state index is 0.154. The van der Waals surface area contributed by atoms with Crippen molar-refractivity contribution in [2.24, 2.45) is 0 Å². The van der Waals surface area contributed by atoms with E-state index in [0.717, 1.165) is 21.6 Å². The van der Waals surface area contributed by atoms with Gasteiger partial charge in [-0.15, -0.1) is 11.3 Å². The summed E-state index contributed by atoms with van der Waals surface area (Å²) < 4.78 is 1.14. The van der Waals surface area contributed by atoms with E-state index < -0.39 is 6.04 Å². The fraction of sp³-hybridized carbons (Fsp3) is 0.471. The van der Waals surface area contributed by atoms with Crippen LogP contribution < -0.4 is 10.6 Å². The van der Waals surface area contributed by atoms with Crippen molar-refractivity contribution in [2.45, 2.75) is 32.9 Å². The van der Waals surface area contributed by atoms with Crippen LogP contribution in [0.4, 0.5) is 0 Å². The summed E-state index contributed by atoms with van der Waals surface area (Å²) in [6.07, 6.45) is 0.872. The largest absolute Gasteiger partial charge is 0.354 e. The maximum atomic E-state index is 12.1. The molecule has 130 valence electrons. The number of hydrogen-bond acceptors (Lipinski definition) is 5. The molecule has 24 heavy (non-hydrogen) atoms. The number of rotatable bonds is 8. The second kappa shape index (κ2) is 8.75. The Kier molecular flexibility index (Phi) is 6.69. The second-order valence-corrected chi connectivity index (χ2v) is 6.94. The number of nitrogens with zero attached hydrogens (tertiary/aromatic N) is 2. The molecule has 7 heteroatoms. The highest BCUT2D eigenvalue weighted by Gasteiger charge is 2.16. The molecular weight excluding hydrogens is 324 g/mol. The number of carbonyl (C=O) groups excluding carboxylic acids is 2. The van der Waals surface area contributed by atoms with E-state index in [0.29, 0.717) is 13.1 Å². The lowest BCUT2D eigenvalue weighted by molar-refractivity contribution is -0.129. The molecule has 2 aromatic rings. The van der Waals surface area contributed by atoms with Gasteiger partial charge in [-0.05, 0) is 32.5 Å². The monoisotopic (exact) mass is 348 g/mol. The Labute approximate surface area is 146 Å². The second-order valence-electron chi connectivity index (χ2n) is 5.83. The van der Waals surface area contributed by atoms with Gasteiger partial charge in [-0.25, -0.2) is 4.98 Å². The van der Waals surface area contributed by atoms with Gasteiger partial charge < -0.3 is 10.6 Å². The fourth-order valence-corrected chi connectivity index (χ4v) is 3.32. The molecule has 0 saturated heterocycles. The number of aromatic nitrogens is 1. The first-order chi connectivity index (χ1) is 11.5. The van der Waals surface area contributed by atoms with Crippen molar-refractivity contribution in [2.75, 3.05) is 20.1 Å². The maximum Gasteiger partial charge on any atom is 0.242 e. The van der Waals surface area contributed by atoms with E-state index >= 15 is 0 Å². The van der Waals surface area contributed by atoms with Crippen LogP contribution in [-0.4, -0.2) is 47.9 Å². The molecule has 1 aromatic carbocycles. The first-order valence-corrected chi connectivity index (χ1v) is 8.91. The van der Waals surface area contributed by atoms with E-state index in [9.17, 15) is 9.59 Å². The summed E-state index contributed by atoms with van der Waals surface area (Å²) >= 11 is 1.63. The molecule has 1 aromatic heterocycles. The van der Waals surface area contributed by atoms with Crippen LogP contribution in [0.15, 0.2) is 24.3 Å². The molecular formula is C17H24N4O2S. The summed E-state index contributed by atoms with van der Waals surface area (Å²) in [6, 6.07) is 7.46. The molecule has 0 radical (unpaired) electrons. The minimum atomic E-state index is -0.528. The molecule has 6 nitrogen and oxygen atoms in total. The number of likely N-dealkylation sites (N-methyl/N-ethyl adjacent to an activating group) is 1. The number of carbonyl (C=O) groups is 2. The van der Waals surface area contributed by atoms with Crippen molar-refractivity contribution in [3.8, 4) is 0 Å². The molecule has 0 aliphatic rings.